The Balaban J connectivity index is 1.44. The van der Waals surface area contributed by atoms with E-state index in [1.165, 1.54) is 29.3 Å². The lowest BCUT2D eigenvalue weighted by atomic mass is 10.1. The number of rotatable bonds is 7. The van der Waals surface area contributed by atoms with Gasteiger partial charge >= 0.3 is 0 Å². The van der Waals surface area contributed by atoms with E-state index >= 15 is 0 Å². The highest BCUT2D eigenvalue weighted by molar-refractivity contribution is 7.92. The molecule has 35 heavy (non-hydrogen) atoms. The van der Waals surface area contributed by atoms with Gasteiger partial charge in [0.2, 0.25) is 10.0 Å². The van der Waals surface area contributed by atoms with Crippen molar-refractivity contribution < 1.29 is 13.2 Å². The van der Waals surface area contributed by atoms with Gasteiger partial charge in [-0.1, -0.05) is 41.4 Å². The summed E-state index contributed by atoms with van der Waals surface area (Å²) in [5.41, 5.74) is 3.37. The molecule has 1 N–H and O–H groups in total. The largest absolute Gasteiger partial charge is 0.372 e. The van der Waals surface area contributed by atoms with Crippen LogP contribution in [0.25, 0.3) is 0 Å². The fourth-order valence-corrected chi connectivity index (χ4v) is 5.45. The van der Waals surface area contributed by atoms with Crippen molar-refractivity contribution in [1.82, 2.24) is 0 Å². The highest BCUT2D eigenvalue weighted by atomic mass is 35.5. The average Bonchev–Trinajstić information content (AvgIpc) is 2.85. The van der Waals surface area contributed by atoms with Crippen molar-refractivity contribution in [2.24, 2.45) is 0 Å². The molecular weight excluding hydrogens is 505 g/mol. The van der Waals surface area contributed by atoms with Crippen LogP contribution >= 0.6 is 23.2 Å². The first-order valence-electron chi connectivity index (χ1n) is 11.4. The van der Waals surface area contributed by atoms with E-state index in [9.17, 15) is 13.2 Å². The maximum Gasteiger partial charge on any atom is 0.255 e. The van der Waals surface area contributed by atoms with Gasteiger partial charge in [-0.25, -0.2) is 8.42 Å². The van der Waals surface area contributed by atoms with Gasteiger partial charge in [-0.15, -0.1) is 0 Å². The third kappa shape index (κ3) is 6.28. The summed E-state index contributed by atoms with van der Waals surface area (Å²) in [5, 5.41) is 3.36. The quantitative estimate of drug-likeness (QED) is 0.393. The number of hydrogen-bond donors (Lipinski definition) is 1. The third-order valence-corrected chi connectivity index (χ3v) is 7.92. The number of sulfonamides is 1. The Morgan fingerprint density at radius 2 is 1.60 bits per heavy atom. The summed E-state index contributed by atoms with van der Waals surface area (Å²) in [4.78, 5) is 15.1. The van der Waals surface area contributed by atoms with Gasteiger partial charge in [-0.05, 0) is 73.4 Å². The Hall–Kier alpha value is -2.74. The Kier molecular flexibility index (Phi) is 7.89. The van der Waals surface area contributed by atoms with Gasteiger partial charge < -0.3 is 10.2 Å². The topological polar surface area (TPSA) is 69.7 Å². The lowest BCUT2D eigenvalue weighted by Gasteiger charge is -2.28. The molecule has 0 aliphatic carbocycles. The number of benzene rings is 3. The maximum atomic E-state index is 12.7. The average molecular weight is 532 g/mol. The van der Waals surface area contributed by atoms with Crippen LogP contribution in [0.15, 0.2) is 66.7 Å². The number of nitrogens with zero attached hydrogens (tertiary/aromatic N) is 2. The first kappa shape index (κ1) is 25.4. The molecule has 1 fully saturated rings. The third-order valence-electron chi connectivity index (χ3n) is 5.99. The predicted octanol–water partition coefficient (Wildman–Crippen LogP) is 6.20. The number of piperidine rings is 1. The van der Waals surface area contributed by atoms with E-state index in [0.29, 0.717) is 16.8 Å². The second-order valence-electron chi connectivity index (χ2n) is 8.59. The van der Waals surface area contributed by atoms with Crippen molar-refractivity contribution in [2.75, 3.05) is 33.9 Å². The van der Waals surface area contributed by atoms with E-state index in [0.717, 1.165) is 25.0 Å². The van der Waals surface area contributed by atoms with Crippen LogP contribution in [0.5, 0.6) is 0 Å². The standard InChI is InChI=1S/C26H27Cl2N3O3S/c1-35(33,34)31(24-7-5-6-23(27)25(24)28)18-19-8-10-20(11-9-19)26(32)29-21-12-14-22(15-13-21)30-16-3-2-4-17-30/h5-15H,2-4,16-18H2,1H3,(H,29,32). The number of nitrogens with one attached hydrogen (secondary N) is 1. The van der Waals surface area contributed by atoms with Crippen LogP contribution in [-0.2, 0) is 16.6 Å². The van der Waals surface area contributed by atoms with E-state index in [1.54, 1.807) is 42.5 Å². The predicted molar refractivity (Wildman–Crippen MR) is 144 cm³/mol. The molecule has 184 valence electrons. The van der Waals surface area contributed by atoms with Crippen molar-refractivity contribution in [3.05, 3.63) is 87.9 Å². The van der Waals surface area contributed by atoms with Gasteiger partial charge in [0.05, 0.1) is 28.5 Å². The van der Waals surface area contributed by atoms with E-state index in [4.69, 9.17) is 23.2 Å². The van der Waals surface area contributed by atoms with Crippen molar-refractivity contribution in [3.8, 4) is 0 Å². The van der Waals surface area contributed by atoms with Crippen LogP contribution in [0.4, 0.5) is 17.1 Å². The minimum absolute atomic E-state index is 0.0543. The van der Waals surface area contributed by atoms with Gasteiger partial charge in [0.15, 0.2) is 0 Å². The van der Waals surface area contributed by atoms with Crippen LogP contribution in [0.3, 0.4) is 0 Å². The Morgan fingerprint density at radius 3 is 2.23 bits per heavy atom. The number of carbonyl (C=O) groups is 1. The van der Waals surface area contributed by atoms with Gasteiger partial charge in [0.1, 0.15) is 0 Å². The van der Waals surface area contributed by atoms with E-state index in [2.05, 4.69) is 10.2 Å². The molecule has 3 aromatic rings. The molecule has 0 spiro atoms. The smallest absolute Gasteiger partial charge is 0.255 e. The molecule has 0 radical (unpaired) electrons. The number of hydrogen-bond acceptors (Lipinski definition) is 4. The van der Waals surface area contributed by atoms with Crippen LogP contribution in [0.1, 0.15) is 35.2 Å². The first-order chi connectivity index (χ1) is 16.7. The zero-order valence-corrected chi connectivity index (χ0v) is 21.7. The zero-order chi connectivity index (χ0) is 25.0. The summed E-state index contributed by atoms with van der Waals surface area (Å²) in [5.74, 6) is -0.236. The molecule has 1 saturated heterocycles. The summed E-state index contributed by atoms with van der Waals surface area (Å²) < 4.78 is 26.1. The van der Waals surface area contributed by atoms with Gasteiger partial charge in [-0.3, -0.25) is 9.10 Å². The normalized spacial score (nSPS) is 14.0. The molecule has 1 heterocycles. The molecule has 0 atom stereocenters. The first-order valence-corrected chi connectivity index (χ1v) is 14.0. The molecule has 1 aliphatic heterocycles. The molecular formula is C26H27Cl2N3O3S. The van der Waals surface area contributed by atoms with Crippen molar-refractivity contribution in [1.29, 1.82) is 0 Å². The lowest BCUT2D eigenvalue weighted by Crippen LogP contribution is -2.29. The SMILES string of the molecule is CS(=O)(=O)N(Cc1ccc(C(=O)Nc2ccc(N3CCCCC3)cc2)cc1)c1cccc(Cl)c1Cl. The van der Waals surface area contributed by atoms with Crippen LogP contribution < -0.4 is 14.5 Å². The summed E-state index contributed by atoms with van der Waals surface area (Å²) in [7, 11) is -3.63. The van der Waals surface area contributed by atoms with Crippen LogP contribution in [0.2, 0.25) is 10.0 Å². The maximum absolute atomic E-state index is 12.7. The number of carbonyl (C=O) groups excluding carboxylic acids is 1. The molecule has 6 nitrogen and oxygen atoms in total. The molecule has 0 saturated carbocycles. The van der Waals surface area contributed by atoms with Gasteiger partial charge in [0.25, 0.3) is 5.91 Å². The van der Waals surface area contributed by atoms with E-state index in [-0.39, 0.29) is 22.5 Å². The number of anilines is 3. The summed E-state index contributed by atoms with van der Waals surface area (Å²) >= 11 is 12.3. The molecule has 0 aromatic heterocycles. The highest BCUT2D eigenvalue weighted by Gasteiger charge is 2.22. The molecule has 0 unspecified atom stereocenters. The van der Waals surface area contributed by atoms with Crippen LogP contribution in [0, 0.1) is 0 Å². The Bertz CT molecular complexity index is 1290. The monoisotopic (exact) mass is 531 g/mol. The van der Waals surface area contributed by atoms with Gasteiger partial charge in [0, 0.05) is 30.0 Å². The minimum Gasteiger partial charge on any atom is -0.372 e. The molecule has 4 rings (SSSR count). The molecule has 9 heteroatoms. The summed E-state index contributed by atoms with van der Waals surface area (Å²) in [6, 6.07) is 19.5. The number of amides is 1. The molecule has 0 bridgehead atoms. The second-order valence-corrected chi connectivity index (χ2v) is 11.3. The molecule has 3 aromatic carbocycles. The van der Waals surface area contributed by atoms with Crippen molar-refractivity contribution in [3.63, 3.8) is 0 Å². The summed E-state index contributed by atoms with van der Waals surface area (Å²) in [6.07, 6.45) is 4.82. The highest BCUT2D eigenvalue weighted by Crippen LogP contribution is 2.34. The van der Waals surface area contributed by atoms with Crippen molar-refractivity contribution >= 4 is 56.2 Å². The zero-order valence-electron chi connectivity index (χ0n) is 19.4. The Labute approximate surface area is 216 Å². The van der Waals surface area contributed by atoms with E-state index < -0.39 is 10.0 Å². The van der Waals surface area contributed by atoms with Crippen molar-refractivity contribution in [2.45, 2.75) is 25.8 Å². The molecule has 1 amide bonds. The van der Waals surface area contributed by atoms with E-state index in [1.807, 2.05) is 24.3 Å². The lowest BCUT2D eigenvalue weighted by molar-refractivity contribution is 0.102. The summed E-state index contributed by atoms with van der Waals surface area (Å²) in [6.45, 7) is 2.19. The van der Waals surface area contributed by atoms with Gasteiger partial charge in [-0.2, -0.15) is 0 Å². The Morgan fingerprint density at radius 1 is 0.943 bits per heavy atom. The fraction of sp³-hybridized carbons (Fsp3) is 0.269. The van der Waals surface area contributed by atoms with Crippen LogP contribution in [-0.4, -0.2) is 33.7 Å². The minimum atomic E-state index is -3.63. The molecule has 1 aliphatic rings. The second kappa shape index (κ2) is 10.9. The fourth-order valence-electron chi connectivity index (χ4n) is 4.10. The number of halogens is 2.